The minimum atomic E-state index is -0.398. The van der Waals surface area contributed by atoms with Gasteiger partial charge >= 0.3 is 0 Å². The molecular formula is C23H26N2O3. The second-order valence-electron chi connectivity index (χ2n) is 8.48. The molecule has 0 N–H and O–H groups in total. The summed E-state index contributed by atoms with van der Waals surface area (Å²) in [7, 11) is 0. The Kier molecular flexibility index (Phi) is 4.61. The molecule has 0 unspecified atom stereocenters. The molecule has 0 aromatic heterocycles. The Balaban J connectivity index is 1.57. The van der Waals surface area contributed by atoms with Crippen LogP contribution in [0.3, 0.4) is 0 Å². The summed E-state index contributed by atoms with van der Waals surface area (Å²) in [6, 6.07) is 15.5. The van der Waals surface area contributed by atoms with Crippen LogP contribution in [0.2, 0.25) is 0 Å². The Morgan fingerprint density at radius 2 is 1.29 bits per heavy atom. The first kappa shape index (κ1) is 18.5. The van der Waals surface area contributed by atoms with Crippen LogP contribution in [0.25, 0.3) is 0 Å². The lowest BCUT2D eigenvalue weighted by Crippen LogP contribution is -2.54. The van der Waals surface area contributed by atoms with Gasteiger partial charge in [-0.25, -0.2) is 0 Å². The van der Waals surface area contributed by atoms with Crippen molar-refractivity contribution in [3.05, 3.63) is 59.7 Å². The molecule has 2 amide bonds. The molecule has 0 spiro atoms. The van der Waals surface area contributed by atoms with E-state index in [9.17, 15) is 9.59 Å². The second kappa shape index (κ2) is 6.97. The van der Waals surface area contributed by atoms with Crippen LogP contribution in [-0.4, -0.2) is 47.8 Å². The van der Waals surface area contributed by atoms with Crippen molar-refractivity contribution in [2.75, 3.05) is 26.2 Å². The maximum absolute atomic E-state index is 13.5. The number of carbonyl (C=O) groups is 2. The quantitative estimate of drug-likeness (QED) is 0.761. The van der Waals surface area contributed by atoms with Crippen molar-refractivity contribution >= 4 is 11.8 Å². The molecule has 5 nitrogen and oxygen atoms in total. The first-order chi connectivity index (χ1) is 13.4. The van der Waals surface area contributed by atoms with Gasteiger partial charge in [0, 0.05) is 42.7 Å². The van der Waals surface area contributed by atoms with E-state index in [2.05, 4.69) is 0 Å². The van der Waals surface area contributed by atoms with Crippen LogP contribution in [0.1, 0.15) is 37.8 Å². The molecular weight excluding hydrogens is 352 g/mol. The van der Waals surface area contributed by atoms with E-state index in [0.717, 1.165) is 22.6 Å². The van der Waals surface area contributed by atoms with Crippen molar-refractivity contribution in [3.63, 3.8) is 0 Å². The van der Waals surface area contributed by atoms with Crippen LogP contribution >= 0.6 is 0 Å². The molecule has 1 fully saturated rings. The van der Waals surface area contributed by atoms with E-state index in [1.54, 1.807) is 0 Å². The average Bonchev–Trinajstić information content (AvgIpc) is 2.70. The maximum atomic E-state index is 13.5. The van der Waals surface area contributed by atoms with Crippen LogP contribution in [0.5, 0.6) is 11.5 Å². The number of para-hydroxylation sites is 2. The van der Waals surface area contributed by atoms with Gasteiger partial charge in [0.2, 0.25) is 11.8 Å². The lowest BCUT2D eigenvalue weighted by molar-refractivity contribution is -0.145. The third kappa shape index (κ3) is 3.26. The van der Waals surface area contributed by atoms with E-state index in [4.69, 9.17) is 4.74 Å². The molecule has 0 bridgehead atoms. The van der Waals surface area contributed by atoms with E-state index in [1.165, 1.54) is 0 Å². The fraction of sp³-hybridized carbons (Fsp3) is 0.391. The first-order valence-corrected chi connectivity index (χ1v) is 9.80. The molecule has 1 saturated heterocycles. The van der Waals surface area contributed by atoms with E-state index >= 15 is 0 Å². The minimum absolute atomic E-state index is 0.0751. The zero-order valence-corrected chi connectivity index (χ0v) is 16.6. The SMILES string of the molecule is CC(C)(C)C(=O)N1CCN(C(=O)C2c3ccccc3Oc3ccccc32)CC1. The summed E-state index contributed by atoms with van der Waals surface area (Å²) in [5.41, 5.74) is 1.41. The number of rotatable bonds is 1. The van der Waals surface area contributed by atoms with Crippen molar-refractivity contribution in [2.24, 2.45) is 5.41 Å². The number of hydrogen-bond donors (Lipinski definition) is 0. The highest BCUT2D eigenvalue weighted by molar-refractivity contribution is 5.90. The van der Waals surface area contributed by atoms with Crippen LogP contribution < -0.4 is 4.74 Å². The Morgan fingerprint density at radius 3 is 1.79 bits per heavy atom. The fourth-order valence-electron chi connectivity index (χ4n) is 3.96. The van der Waals surface area contributed by atoms with Crippen molar-refractivity contribution in [2.45, 2.75) is 26.7 Å². The average molecular weight is 378 g/mol. The van der Waals surface area contributed by atoms with Crippen molar-refractivity contribution < 1.29 is 14.3 Å². The molecule has 146 valence electrons. The van der Waals surface area contributed by atoms with Gasteiger partial charge < -0.3 is 14.5 Å². The monoisotopic (exact) mass is 378 g/mol. The number of amides is 2. The van der Waals surface area contributed by atoms with Crippen LogP contribution in [0.15, 0.2) is 48.5 Å². The maximum Gasteiger partial charge on any atom is 0.234 e. The summed E-state index contributed by atoms with van der Waals surface area (Å²) in [5, 5.41) is 0. The number of hydrogen-bond acceptors (Lipinski definition) is 3. The topological polar surface area (TPSA) is 49.9 Å². The third-order valence-corrected chi connectivity index (χ3v) is 5.45. The van der Waals surface area contributed by atoms with Gasteiger partial charge in [-0.05, 0) is 12.1 Å². The van der Waals surface area contributed by atoms with Gasteiger partial charge in [0.05, 0.1) is 5.92 Å². The van der Waals surface area contributed by atoms with Gasteiger partial charge in [0.25, 0.3) is 0 Å². The number of nitrogens with zero attached hydrogens (tertiary/aromatic N) is 2. The van der Waals surface area contributed by atoms with E-state index in [1.807, 2.05) is 79.1 Å². The minimum Gasteiger partial charge on any atom is -0.457 e. The Morgan fingerprint density at radius 1 is 0.821 bits per heavy atom. The van der Waals surface area contributed by atoms with Crippen LogP contribution in [-0.2, 0) is 9.59 Å². The summed E-state index contributed by atoms with van der Waals surface area (Å²) < 4.78 is 6.01. The summed E-state index contributed by atoms with van der Waals surface area (Å²) in [6.07, 6.45) is 0. The normalized spacial score (nSPS) is 16.8. The number of carbonyl (C=O) groups excluding carboxylic acids is 2. The zero-order valence-electron chi connectivity index (χ0n) is 16.6. The highest BCUT2D eigenvalue weighted by Gasteiger charge is 2.37. The molecule has 0 aliphatic carbocycles. The van der Waals surface area contributed by atoms with E-state index < -0.39 is 5.41 Å². The molecule has 2 aliphatic heterocycles. The molecule has 2 heterocycles. The molecule has 2 aliphatic rings. The van der Waals surface area contributed by atoms with Gasteiger partial charge in [-0.1, -0.05) is 57.2 Å². The summed E-state index contributed by atoms with van der Waals surface area (Å²) in [5.74, 6) is 1.32. The number of fused-ring (bicyclic) bond motifs is 2. The Labute approximate surface area is 165 Å². The summed E-state index contributed by atoms with van der Waals surface area (Å²) in [4.78, 5) is 29.8. The van der Waals surface area contributed by atoms with Gasteiger partial charge in [-0.15, -0.1) is 0 Å². The largest absolute Gasteiger partial charge is 0.457 e. The molecule has 4 rings (SSSR count). The fourth-order valence-corrected chi connectivity index (χ4v) is 3.96. The van der Waals surface area contributed by atoms with Crippen molar-refractivity contribution in [1.29, 1.82) is 0 Å². The van der Waals surface area contributed by atoms with Gasteiger partial charge in [-0.2, -0.15) is 0 Å². The summed E-state index contributed by atoms with van der Waals surface area (Å²) >= 11 is 0. The van der Waals surface area contributed by atoms with Crippen molar-refractivity contribution in [1.82, 2.24) is 9.80 Å². The Bertz CT molecular complexity index is 863. The van der Waals surface area contributed by atoms with Crippen molar-refractivity contribution in [3.8, 4) is 11.5 Å². The van der Waals surface area contributed by atoms with Crippen LogP contribution in [0.4, 0.5) is 0 Å². The van der Waals surface area contributed by atoms with Gasteiger partial charge in [0.1, 0.15) is 11.5 Å². The number of benzene rings is 2. The zero-order chi connectivity index (χ0) is 19.9. The number of piperazine rings is 1. The highest BCUT2D eigenvalue weighted by Crippen LogP contribution is 2.44. The first-order valence-electron chi connectivity index (χ1n) is 9.80. The second-order valence-corrected chi connectivity index (χ2v) is 8.48. The van der Waals surface area contributed by atoms with Gasteiger partial charge in [0.15, 0.2) is 0 Å². The number of ether oxygens (including phenoxy) is 1. The molecule has 5 heteroatoms. The molecule has 0 radical (unpaired) electrons. The standard InChI is InChI=1S/C23H26N2O3/c1-23(2,3)22(27)25-14-12-24(13-15-25)21(26)20-16-8-4-6-10-18(16)28-19-11-7-5-9-17(19)20/h4-11,20H,12-15H2,1-3H3. The summed E-state index contributed by atoms with van der Waals surface area (Å²) in [6.45, 7) is 8.07. The lowest BCUT2D eigenvalue weighted by Gasteiger charge is -2.39. The predicted molar refractivity (Wildman–Crippen MR) is 107 cm³/mol. The lowest BCUT2D eigenvalue weighted by atomic mass is 9.86. The smallest absolute Gasteiger partial charge is 0.234 e. The molecule has 2 aromatic rings. The Hall–Kier alpha value is -2.82. The predicted octanol–water partition coefficient (Wildman–Crippen LogP) is 3.64. The van der Waals surface area contributed by atoms with Gasteiger partial charge in [-0.3, -0.25) is 9.59 Å². The van der Waals surface area contributed by atoms with E-state index in [-0.39, 0.29) is 17.7 Å². The molecule has 0 saturated carbocycles. The molecule has 28 heavy (non-hydrogen) atoms. The molecule has 0 atom stereocenters. The molecule has 2 aromatic carbocycles. The third-order valence-electron chi connectivity index (χ3n) is 5.45. The van der Waals surface area contributed by atoms with E-state index in [0.29, 0.717) is 26.2 Å². The highest BCUT2D eigenvalue weighted by atomic mass is 16.5. The van der Waals surface area contributed by atoms with Crippen LogP contribution in [0, 0.1) is 5.41 Å².